The van der Waals surface area contributed by atoms with Crippen LogP contribution >= 0.6 is 0 Å². The van der Waals surface area contributed by atoms with Crippen LogP contribution in [0.4, 0.5) is 74.6 Å². The van der Waals surface area contributed by atoms with Crippen molar-refractivity contribution in [3.05, 3.63) is 23.3 Å². The van der Waals surface area contributed by atoms with Crippen LogP contribution in [0.3, 0.4) is 0 Å². The molecule has 248 valence electrons. The lowest BCUT2D eigenvalue weighted by molar-refractivity contribution is -0.462. The molecule has 0 spiro atoms. The molecule has 0 unspecified atom stereocenters. The second kappa shape index (κ2) is 10.6. The quantitative estimate of drug-likeness (QED) is 0.151. The smallest absolute Gasteiger partial charge is 0.426 e. The molecule has 0 atom stereocenters. The maximum absolute atomic E-state index is 15.1. The van der Waals surface area contributed by atoms with E-state index in [1.807, 2.05) is 0 Å². The van der Waals surface area contributed by atoms with Gasteiger partial charge < -0.3 is 9.47 Å². The molecular weight excluding hydrogens is 651 g/mol. The molecule has 4 nitrogen and oxygen atoms in total. The molecule has 0 aliphatic heterocycles. The first-order valence-electron chi connectivity index (χ1n) is 10.8. The van der Waals surface area contributed by atoms with E-state index in [1.54, 1.807) is 0 Å². The maximum Gasteiger partial charge on any atom is 0.460 e. The van der Waals surface area contributed by atoms with Crippen molar-refractivity contribution in [2.45, 2.75) is 87.7 Å². The number of esters is 2. The highest BCUT2D eigenvalue weighted by atomic mass is 19.4. The second-order valence-corrected chi connectivity index (χ2v) is 9.80. The molecule has 0 aliphatic rings. The van der Waals surface area contributed by atoms with Crippen LogP contribution < -0.4 is 9.47 Å². The average Bonchev–Trinajstić information content (AvgIpc) is 2.75. The molecule has 0 N–H and O–H groups in total. The van der Waals surface area contributed by atoms with Crippen molar-refractivity contribution in [1.82, 2.24) is 0 Å². The van der Waals surface area contributed by atoms with Crippen LogP contribution in [0.1, 0.15) is 45.7 Å². The molecule has 1 aromatic rings. The number of halogens is 17. The Labute approximate surface area is 229 Å². The predicted molar refractivity (Wildman–Crippen MR) is 107 cm³/mol. The molecular formula is C22H17F17O4. The van der Waals surface area contributed by atoms with E-state index < -0.39 is 87.6 Å². The zero-order valence-electron chi connectivity index (χ0n) is 21.7. The van der Waals surface area contributed by atoms with Gasteiger partial charge in [-0.05, 0) is 11.5 Å². The van der Waals surface area contributed by atoms with Gasteiger partial charge in [0.2, 0.25) is 0 Å². The molecule has 0 heterocycles. The highest BCUT2D eigenvalue weighted by Crippen LogP contribution is 2.65. The van der Waals surface area contributed by atoms with Gasteiger partial charge in [0.1, 0.15) is 11.5 Å². The molecule has 0 amide bonds. The van der Waals surface area contributed by atoms with Crippen molar-refractivity contribution in [3.63, 3.8) is 0 Å². The lowest BCUT2D eigenvalue weighted by Gasteiger charge is -2.43. The van der Waals surface area contributed by atoms with Gasteiger partial charge in [-0.2, -0.15) is 74.6 Å². The summed E-state index contributed by atoms with van der Waals surface area (Å²) in [5.41, 5.74) is -5.19. The molecule has 43 heavy (non-hydrogen) atoms. The Bertz CT molecular complexity index is 1240. The first-order chi connectivity index (χ1) is 18.6. The Morgan fingerprint density at radius 3 is 1.09 bits per heavy atom. The summed E-state index contributed by atoms with van der Waals surface area (Å²) in [5.74, 6) is -64.0. The Morgan fingerprint density at radius 2 is 0.791 bits per heavy atom. The van der Waals surface area contributed by atoms with Gasteiger partial charge >= 0.3 is 59.6 Å². The minimum atomic E-state index is -8.80. The van der Waals surface area contributed by atoms with Gasteiger partial charge in [-0.25, -0.2) is 0 Å². The molecule has 0 aliphatic carbocycles. The summed E-state index contributed by atoms with van der Waals surface area (Å²) in [7, 11) is 0. The Morgan fingerprint density at radius 1 is 0.488 bits per heavy atom. The summed E-state index contributed by atoms with van der Waals surface area (Å²) in [6, 6.07) is -0.297. The SMILES string of the molecule is CC(=O)Oc1cc(OC(C)=O)c(C(F)(F)C(F)(F)C(F)(F)C(F)(F)C(F)(F)C(F)(F)C(F)(F)C(F)(F)F)cc1C(C)(C)C. The van der Waals surface area contributed by atoms with Crippen LogP contribution in [0, 0.1) is 0 Å². The van der Waals surface area contributed by atoms with E-state index in [2.05, 4.69) is 9.47 Å². The van der Waals surface area contributed by atoms with Gasteiger partial charge in [0.05, 0.1) is 5.56 Å². The first kappa shape index (κ1) is 38.0. The summed E-state index contributed by atoms with van der Waals surface area (Å²) in [4.78, 5) is 22.7. The molecule has 1 aromatic carbocycles. The fraction of sp³-hybridized carbons (Fsp3) is 0.636. The van der Waals surface area contributed by atoms with Crippen molar-refractivity contribution < 1.29 is 93.7 Å². The Balaban J connectivity index is 4.12. The fourth-order valence-corrected chi connectivity index (χ4v) is 3.20. The lowest BCUT2D eigenvalue weighted by atomic mass is 9.82. The standard InChI is InChI=1S/C22H17F17O4/c1-8(40)42-12-7-13(43-9(2)41)11(6-10(12)14(3,4)5)15(23,24)16(25,26)17(27,28)18(29,30)19(31,32)20(33,34)21(35,36)22(37,38)39/h6-7H,1-5H3. The predicted octanol–water partition coefficient (Wildman–Crippen LogP) is 8.30. The number of hydrogen-bond donors (Lipinski definition) is 0. The summed E-state index contributed by atoms with van der Waals surface area (Å²) < 4.78 is 243. The summed E-state index contributed by atoms with van der Waals surface area (Å²) >= 11 is 0. The zero-order valence-corrected chi connectivity index (χ0v) is 21.7. The third-order valence-corrected chi connectivity index (χ3v) is 5.46. The highest BCUT2D eigenvalue weighted by molar-refractivity contribution is 5.73. The molecule has 0 saturated carbocycles. The van der Waals surface area contributed by atoms with E-state index in [1.165, 1.54) is 0 Å². The van der Waals surface area contributed by atoms with Gasteiger partial charge in [0, 0.05) is 25.5 Å². The number of carbonyl (C=O) groups excluding carboxylic acids is 2. The van der Waals surface area contributed by atoms with Gasteiger partial charge in [-0.15, -0.1) is 0 Å². The van der Waals surface area contributed by atoms with Crippen molar-refractivity contribution in [3.8, 4) is 11.5 Å². The Hall–Kier alpha value is -3.03. The summed E-state index contributed by atoms with van der Waals surface area (Å²) in [6.45, 7) is 4.25. The average molecular weight is 668 g/mol. The highest BCUT2D eigenvalue weighted by Gasteiger charge is 2.95. The number of alkyl halides is 17. The van der Waals surface area contributed by atoms with E-state index in [0.717, 1.165) is 20.8 Å². The molecule has 0 fully saturated rings. The van der Waals surface area contributed by atoms with Crippen molar-refractivity contribution in [2.75, 3.05) is 0 Å². The van der Waals surface area contributed by atoms with Crippen LogP contribution in [0.15, 0.2) is 12.1 Å². The van der Waals surface area contributed by atoms with E-state index in [4.69, 9.17) is 0 Å². The third kappa shape index (κ3) is 5.78. The monoisotopic (exact) mass is 668 g/mol. The van der Waals surface area contributed by atoms with E-state index in [-0.39, 0.29) is 12.1 Å². The minimum absolute atomic E-state index is 0.00559. The van der Waals surface area contributed by atoms with E-state index in [0.29, 0.717) is 13.8 Å². The molecule has 0 saturated heterocycles. The second-order valence-electron chi connectivity index (χ2n) is 9.80. The van der Waals surface area contributed by atoms with Gasteiger partial charge in [-0.1, -0.05) is 20.8 Å². The minimum Gasteiger partial charge on any atom is -0.426 e. The van der Waals surface area contributed by atoms with Gasteiger partial charge in [-0.3, -0.25) is 9.59 Å². The van der Waals surface area contributed by atoms with E-state index in [9.17, 15) is 75.4 Å². The maximum atomic E-state index is 15.1. The molecule has 0 bridgehead atoms. The number of hydrogen-bond acceptors (Lipinski definition) is 4. The van der Waals surface area contributed by atoms with Crippen LogP contribution in [-0.4, -0.2) is 53.7 Å². The normalized spacial score (nSPS) is 14.9. The fourth-order valence-electron chi connectivity index (χ4n) is 3.20. The Kier molecular flexibility index (Phi) is 9.32. The van der Waals surface area contributed by atoms with Gasteiger partial charge in [0.15, 0.2) is 0 Å². The topological polar surface area (TPSA) is 52.6 Å². The van der Waals surface area contributed by atoms with Crippen LogP contribution in [0.5, 0.6) is 11.5 Å². The van der Waals surface area contributed by atoms with Crippen LogP contribution in [0.25, 0.3) is 0 Å². The van der Waals surface area contributed by atoms with E-state index >= 15 is 8.78 Å². The number of benzene rings is 1. The number of rotatable bonds is 9. The van der Waals surface area contributed by atoms with Crippen LogP contribution in [0.2, 0.25) is 0 Å². The lowest BCUT2D eigenvalue weighted by Crippen LogP contribution is -2.74. The molecule has 1 rings (SSSR count). The first-order valence-corrected chi connectivity index (χ1v) is 10.8. The van der Waals surface area contributed by atoms with Crippen molar-refractivity contribution in [1.29, 1.82) is 0 Å². The number of carbonyl (C=O) groups is 2. The molecule has 0 aromatic heterocycles. The third-order valence-electron chi connectivity index (χ3n) is 5.46. The molecule has 21 heteroatoms. The zero-order chi connectivity index (χ0) is 34.8. The van der Waals surface area contributed by atoms with Crippen molar-refractivity contribution >= 4 is 11.9 Å². The number of ether oxygens (including phenoxy) is 2. The van der Waals surface area contributed by atoms with Crippen LogP contribution in [-0.2, 0) is 20.9 Å². The summed E-state index contributed by atoms with van der Waals surface area (Å²) in [6.07, 6.45) is -7.87. The van der Waals surface area contributed by atoms with Crippen molar-refractivity contribution in [2.24, 2.45) is 0 Å². The largest absolute Gasteiger partial charge is 0.460 e. The van der Waals surface area contributed by atoms with Gasteiger partial charge in [0.25, 0.3) is 0 Å². The molecule has 0 radical (unpaired) electrons. The summed E-state index contributed by atoms with van der Waals surface area (Å²) in [5, 5.41) is 0.